The summed E-state index contributed by atoms with van der Waals surface area (Å²) in [6, 6.07) is 17.3. The lowest BCUT2D eigenvalue weighted by atomic mass is 9.78. The van der Waals surface area contributed by atoms with E-state index in [-0.39, 0.29) is 76.8 Å². The lowest BCUT2D eigenvalue weighted by molar-refractivity contribution is -0.292. The Bertz CT molecular complexity index is 2510. The molecule has 8 heterocycles. The van der Waals surface area contributed by atoms with E-state index in [0.717, 1.165) is 31.3 Å². The maximum Gasteiger partial charge on any atom is 0.338 e. The number of fused-ring (bicyclic) bond motifs is 1. The van der Waals surface area contributed by atoms with Gasteiger partial charge in [-0.1, -0.05) is 127 Å². The first kappa shape index (κ1) is 59.0. The highest BCUT2D eigenvalue weighted by Crippen LogP contribution is 2.55. The summed E-state index contributed by atoms with van der Waals surface area (Å²) < 4.78 is 93.0. The molecule has 0 radical (unpaired) electrons. The molecule has 16 heteroatoms. The Hall–Kier alpha value is -2.61. The molecular formula is C61H87BrO13SSi. The summed E-state index contributed by atoms with van der Waals surface area (Å²) >= 11 is 3.49. The Morgan fingerprint density at radius 2 is 1.55 bits per heavy atom. The second-order valence-corrected chi connectivity index (χ2v) is 33.4. The molecule has 10 rings (SSSR count). The first-order valence-corrected chi connectivity index (χ1v) is 34.1. The van der Waals surface area contributed by atoms with Crippen LogP contribution in [0.2, 0.25) is 18.1 Å². The number of carbonyl (C=O) groups is 2. The Morgan fingerprint density at radius 1 is 0.870 bits per heavy atom. The molecule has 0 N–H and O–H groups in total. The van der Waals surface area contributed by atoms with Gasteiger partial charge in [-0.2, -0.15) is 0 Å². The van der Waals surface area contributed by atoms with Crippen molar-refractivity contribution < 1.29 is 60.3 Å². The quantitative estimate of drug-likeness (QED) is 0.0590. The lowest BCUT2D eigenvalue weighted by Gasteiger charge is -2.47. The normalized spacial score (nSPS) is 36.0. The highest BCUT2D eigenvalue weighted by molar-refractivity contribution is 9.11. The van der Waals surface area contributed by atoms with Crippen molar-refractivity contribution in [3.8, 4) is 0 Å². The number of hydrogen-bond donors (Lipinski definition) is 0. The molecule has 77 heavy (non-hydrogen) atoms. The largest absolute Gasteiger partial charge is 0.458 e. The first-order chi connectivity index (χ1) is 36.5. The van der Waals surface area contributed by atoms with E-state index < -0.39 is 83.5 Å². The Kier molecular flexibility index (Phi) is 18.5. The number of carbonyl (C=O) groups excluding carboxylic acids is 2. The topological polar surface area (TPSA) is 151 Å². The van der Waals surface area contributed by atoms with Crippen LogP contribution in [0.4, 0.5) is 0 Å². The van der Waals surface area contributed by atoms with Crippen LogP contribution in [0.1, 0.15) is 142 Å². The maximum atomic E-state index is 15.7. The average Bonchev–Trinajstić information content (AvgIpc) is 3.99. The van der Waals surface area contributed by atoms with E-state index in [9.17, 15) is 4.79 Å². The van der Waals surface area contributed by atoms with Crippen molar-refractivity contribution in [3.63, 3.8) is 0 Å². The van der Waals surface area contributed by atoms with E-state index >= 15 is 13.2 Å². The van der Waals surface area contributed by atoms with E-state index in [1.165, 1.54) is 0 Å². The van der Waals surface area contributed by atoms with Crippen molar-refractivity contribution >= 4 is 45.8 Å². The number of ketones is 1. The third-order valence-electron chi connectivity index (χ3n) is 18.6. The van der Waals surface area contributed by atoms with Gasteiger partial charge < -0.3 is 42.3 Å². The summed E-state index contributed by atoms with van der Waals surface area (Å²) in [5, 5.41) is -1.38. The number of rotatable bonds is 23. The van der Waals surface area contributed by atoms with Crippen LogP contribution in [0.3, 0.4) is 0 Å². The van der Waals surface area contributed by atoms with Crippen LogP contribution < -0.4 is 0 Å². The molecule has 2 aromatic rings. The fourth-order valence-corrected chi connectivity index (χ4v) is 16.8. The number of sulfone groups is 1. The van der Waals surface area contributed by atoms with Crippen LogP contribution in [-0.4, -0.2) is 125 Å². The first-order valence-electron chi connectivity index (χ1n) is 28.8. The minimum atomic E-state index is -4.28. The predicted octanol–water partition coefficient (Wildman–Crippen LogP) is 12.1. The van der Waals surface area contributed by atoms with Gasteiger partial charge in [0.15, 0.2) is 29.7 Å². The average molecular weight is 1170 g/mol. The van der Waals surface area contributed by atoms with Crippen LogP contribution in [0, 0.1) is 23.7 Å². The molecule has 8 saturated heterocycles. The van der Waals surface area contributed by atoms with Crippen molar-refractivity contribution in [1.29, 1.82) is 0 Å². The second kappa shape index (κ2) is 24.1. The summed E-state index contributed by atoms with van der Waals surface area (Å²) in [4.78, 5) is 29.0. The van der Waals surface area contributed by atoms with Crippen LogP contribution in [0.15, 0.2) is 88.8 Å². The summed E-state index contributed by atoms with van der Waals surface area (Å²) in [6.45, 7) is 29.0. The van der Waals surface area contributed by atoms with Gasteiger partial charge in [-0.05, 0) is 109 Å². The molecular weight excluding hydrogens is 1080 g/mol. The number of ether oxygens (including phenoxy) is 8. The van der Waals surface area contributed by atoms with E-state index in [1.807, 2.05) is 6.07 Å². The Labute approximate surface area is 468 Å². The standard InChI is InChI=1S/C61H87BrO13SSi/c1-12-13-22-42-30-37(3)39(5)49(68-42)33-50-52(40(6)48(71-50)29-36(2)35-67-77(10,11)60(7,8)9)58(76(65,66)45-23-18-15-19-24-45)46(63)32-43-25-26-47-53(69-43)57-56-55(72-47)54-51(73-56)34-61(74-54,75-57)28-27-44(31-38(4)62)70-59(64)41-20-16-14-17-21-41/h14-21,23-24,36-37,40,42-44,47-58H,4-5,12-13,22,25-35H2,1-3,6-11H3/t36-,37+,40-,42-,43+,44-,47-,48+,49+,50?,51+,52?,53-,54-,55-,56+,57?,58?,61-/m0/s1. The van der Waals surface area contributed by atoms with Gasteiger partial charge >= 0.3 is 5.97 Å². The number of esters is 1. The van der Waals surface area contributed by atoms with Crippen LogP contribution in [0.5, 0.6) is 0 Å². The fourth-order valence-electron chi connectivity index (χ4n) is 13.2. The van der Waals surface area contributed by atoms with Crippen molar-refractivity contribution in [2.24, 2.45) is 23.7 Å². The Balaban J connectivity index is 0.968. The van der Waals surface area contributed by atoms with Crippen molar-refractivity contribution in [3.05, 3.63) is 89.4 Å². The predicted molar refractivity (Wildman–Crippen MR) is 301 cm³/mol. The molecule has 8 aliphatic rings. The number of hydrogen-bond acceptors (Lipinski definition) is 13. The number of benzene rings is 2. The molecule has 0 amide bonds. The van der Waals surface area contributed by atoms with Gasteiger partial charge in [0.25, 0.3) is 0 Å². The van der Waals surface area contributed by atoms with Crippen molar-refractivity contribution in [2.45, 2.75) is 245 Å². The molecule has 6 bridgehead atoms. The van der Waals surface area contributed by atoms with E-state index in [1.54, 1.807) is 54.6 Å². The lowest BCUT2D eigenvalue weighted by Crippen LogP contribution is -2.62. The van der Waals surface area contributed by atoms with E-state index in [0.29, 0.717) is 68.0 Å². The summed E-state index contributed by atoms with van der Waals surface area (Å²) in [5.74, 6) is -2.54. The van der Waals surface area contributed by atoms with Crippen LogP contribution in [-0.2, 0) is 57.0 Å². The van der Waals surface area contributed by atoms with E-state index in [4.69, 9.17) is 42.3 Å². The summed E-state index contributed by atoms with van der Waals surface area (Å²) in [6.07, 6.45) is 2.32. The van der Waals surface area contributed by atoms with Gasteiger partial charge in [-0.3, -0.25) is 4.79 Å². The van der Waals surface area contributed by atoms with Crippen molar-refractivity contribution in [2.75, 3.05) is 6.61 Å². The molecule has 426 valence electrons. The smallest absolute Gasteiger partial charge is 0.338 e. The third kappa shape index (κ3) is 12.9. The molecule has 0 aliphatic carbocycles. The molecule has 0 spiro atoms. The van der Waals surface area contributed by atoms with Gasteiger partial charge in [0.1, 0.15) is 41.9 Å². The molecule has 19 atom stereocenters. The molecule has 8 fully saturated rings. The van der Waals surface area contributed by atoms with Gasteiger partial charge in [0.2, 0.25) is 0 Å². The van der Waals surface area contributed by atoms with Crippen molar-refractivity contribution in [1.82, 2.24) is 0 Å². The zero-order chi connectivity index (χ0) is 55.2. The van der Waals surface area contributed by atoms with E-state index in [2.05, 4.69) is 90.6 Å². The summed E-state index contributed by atoms with van der Waals surface area (Å²) in [5.41, 5.74) is 1.45. The number of halogens is 1. The summed E-state index contributed by atoms with van der Waals surface area (Å²) in [7, 11) is -6.34. The van der Waals surface area contributed by atoms with Crippen LogP contribution >= 0.6 is 15.9 Å². The number of Topliss-reactive ketones (excluding diaryl/α,β-unsaturated/α-hetero) is 1. The molecule has 4 unspecified atom stereocenters. The number of unbranched alkanes of at least 4 members (excludes halogenated alkanes) is 1. The molecule has 0 saturated carbocycles. The molecule has 2 aromatic carbocycles. The monoisotopic (exact) mass is 1170 g/mol. The SMILES string of the molecule is C=C(Br)C[C@H](CC[C@@]12C[C@H]3O[C@H]4C(O1)[C@H]1O[C@@H](CC(=O)C(C5C(C[C@H]6O[C@@H](CCCC)C[C@@H](C)C6=C)O[C@H](C[C@H](C)CO[Si](C)(C)C(C)(C)C)[C@@H]5C)S(=O)(=O)c5ccccc5)CC[C@@H]1O[C@H]4[C@H]3O2)OC(=O)c1ccccc1. The molecule has 13 nitrogen and oxygen atoms in total. The van der Waals surface area contributed by atoms with Gasteiger partial charge in [0, 0.05) is 44.6 Å². The molecule has 8 aliphatic heterocycles. The highest BCUT2D eigenvalue weighted by Gasteiger charge is 2.69. The minimum absolute atomic E-state index is 0.0475. The highest BCUT2D eigenvalue weighted by atomic mass is 79.9. The second-order valence-electron chi connectivity index (χ2n) is 25.4. The Morgan fingerprint density at radius 3 is 2.23 bits per heavy atom. The maximum absolute atomic E-state index is 15.7. The van der Waals surface area contributed by atoms with Gasteiger partial charge in [-0.25, -0.2) is 13.2 Å². The van der Waals surface area contributed by atoms with Gasteiger partial charge in [0.05, 0.1) is 53.2 Å². The minimum Gasteiger partial charge on any atom is -0.458 e. The zero-order valence-electron chi connectivity index (χ0n) is 47.1. The van der Waals surface area contributed by atoms with Crippen LogP contribution in [0.25, 0.3) is 0 Å². The molecule has 0 aromatic heterocycles. The van der Waals surface area contributed by atoms with Gasteiger partial charge in [-0.15, -0.1) is 0 Å². The third-order valence-corrected chi connectivity index (χ3v) is 25.6. The fraction of sp³-hybridized carbons (Fsp3) is 0.705. The zero-order valence-corrected chi connectivity index (χ0v) is 50.5.